The van der Waals surface area contributed by atoms with Crippen LogP contribution in [0.5, 0.6) is 0 Å². The average molecular weight is 404 g/mol. The lowest BCUT2D eigenvalue weighted by Gasteiger charge is -2.25. The molecule has 1 heterocycles. The maximum atomic E-state index is 13.4. The van der Waals surface area contributed by atoms with E-state index in [1.807, 2.05) is 86.6 Å². The lowest BCUT2D eigenvalue weighted by molar-refractivity contribution is -0.126. The van der Waals surface area contributed by atoms with Crippen molar-refractivity contribution in [2.24, 2.45) is 0 Å². The Hall–Kier alpha value is -3.18. The molecule has 1 fully saturated rings. The summed E-state index contributed by atoms with van der Waals surface area (Å²) in [6.07, 6.45) is 1.75. The van der Waals surface area contributed by atoms with Gasteiger partial charge in [-0.15, -0.1) is 0 Å². The molecule has 0 aromatic heterocycles. The molecule has 5 nitrogen and oxygen atoms in total. The molecule has 30 heavy (non-hydrogen) atoms. The van der Waals surface area contributed by atoms with Crippen LogP contribution in [0.3, 0.4) is 0 Å². The van der Waals surface area contributed by atoms with E-state index in [0.717, 1.165) is 35.7 Å². The lowest BCUT2D eigenvalue weighted by atomic mass is 10.0. The van der Waals surface area contributed by atoms with Crippen molar-refractivity contribution in [2.45, 2.75) is 39.3 Å². The first-order valence-corrected chi connectivity index (χ1v) is 10.6. The van der Waals surface area contributed by atoms with E-state index in [1.54, 1.807) is 0 Å². The number of hydrogen-bond donors (Lipinski definition) is 2. The van der Waals surface area contributed by atoms with Gasteiger partial charge in [0.1, 0.15) is 0 Å². The smallest absolute Gasteiger partial charge is 0.273 e. The van der Waals surface area contributed by atoms with E-state index in [-0.39, 0.29) is 17.9 Å². The Bertz CT molecular complexity index is 977. The first-order chi connectivity index (χ1) is 14.7. The van der Waals surface area contributed by atoms with Gasteiger partial charge in [0.25, 0.3) is 11.8 Å². The first-order valence-electron chi connectivity index (χ1n) is 10.6. The van der Waals surface area contributed by atoms with Gasteiger partial charge in [-0.25, -0.2) is 5.01 Å². The van der Waals surface area contributed by atoms with E-state index in [1.165, 1.54) is 5.01 Å². The molecule has 0 aliphatic carbocycles. The number of hydrogen-bond acceptors (Lipinski definition) is 3. The zero-order valence-corrected chi connectivity index (χ0v) is 17.6. The molecule has 1 unspecified atom stereocenters. The number of fused-ring (bicyclic) bond motifs is 1. The molecule has 5 heteroatoms. The van der Waals surface area contributed by atoms with Gasteiger partial charge < -0.3 is 5.32 Å². The zero-order valence-electron chi connectivity index (χ0n) is 17.6. The quantitative estimate of drug-likeness (QED) is 0.639. The minimum Gasteiger partial charge on any atom is -0.306 e. The number of hydrazine groups is 1. The summed E-state index contributed by atoms with van der Waals surface area (Å²) in [5, 5.41) is 6.49. The molecule has 0 radical (unpaired) electrons. The highest BCUT2D eigenvalue weighted by Crippen LogP contribution is 2.20. The maximum absolute atomic E-state index is 13.4. The monoisotopic (exact) mass is 403 g/mol. The zero-order chi connectivity index (χ0) is 21.3. The molecular weight excluding hydrogens is 374 g/mol. The van der Waals surface area contributed by atoms with Crippen LogP contribution in [0.4, 0.5) is 0 Å². The standard InChI is InChI=1S/C23H23N3O2.C2H6/c27-22(21-14-7-15-24-21)25-26(16-17-8-2-1-3-9-17)23(28)20-13-6-11-18-10-4-5-12-19(18)20;1-2/h1-6,8-13,21,24H,7,14-16H2,(H,25,27);1-2H3. The number of carbonyl (C=O) groups is 2. The summed E-state index contributed by atoms with van der Waals surface area (Å²) < 4.78 is 0. The molecule has 1 atom stereocenters. The van der Waals surface area contributed by atoms with Crippen molar-refractivity contribution in [3.8, 4) is 0 Å². The van der Waals surface area contributed by atoms with E-state index in [9.17, 15) is 9.59 Å². The summed E-state index contributed by atoms with van der Waals surface area (Å²) in [5.74, 6) is -0.381. The lowest BCUT2D eigenvalue weighted by Crippen LogP contribution is -2.51. The summed E-state index contributed by atoms with van der Waals surface area (Å²) in [6, 6.07) is 22.9. The van der Waals surface area contributed by atoms with Crippen LogP contribution in [-0.2, 0) is 11.3 Å². The van der Waals surface area contributed by atoms with E-state index >= 15 is 0 Å². The van der Waals surface area contributed by atoms with Gasteiger partial charge in [-0.05, 0) is 41.8 Å². The maximum Gasteiger partial charge on any atom is 0.273 e. The van der Waals surface area contributed by atoms with Crippen LogP contribution in [0, 0.1) is 0 Å². The fourth-order valence-electron chi connectivity index (χ4n) is 3.60. The van der Waals surface area contributed by atoms with Crippen molar-refractivity contribution >= 4 is 22.6 Å². The molecule has 1 saturated heterocycles. The Balaban J connectivity index is 0.00000124. The minimum atomic E-state index is -0.251. The van der Waals surface area contributed by atoms with Gasteiger partial charge in [0.15, 0.2) is 0 Å². The number of benzene rings is 3. The summed E-state index contributed by atoms with van der Waals surface area (Å²) in [5.41, 5.74) is 4.38. The van der Waals surface area contributed by atoms with E-state index in [0.29, 0.717) is 12.1 Å². The first kappa shape index (κ1) is 21.5. The molecule has 1 aliphatic rings. The highest BCUT2D eigenvalue weighted by atomic mass is 16.2. The molecule has 1 aliphatic heterocycles. The number of nitrogens with zero attached hydrogens (tertiary/aromatic N) is 1. The second kappa shape index (κ2) is 10.6. The van der Waals surface area contributed by atoms with Gasteiger partial charge in [0.2, 0.25) is 0 Å². The highest BCUT2D eigenvalue weighted by molar-refractivity contribution is 6.07. The molecule has 4 rings (SSSR count). The van der Waals surface area contributed by atoms with Crippen molar-refractivity contribution < 1.29 is 9.59 Å². The average Bonchev–Trinajstić information content (AvgIpc) is 3.35. The van der Waals surface area contributed by atoms with Crippen LogP contribution in [0.1, 0.15) is 42.6 Å². The van der Waals surface area contributed by atoms with Crippen LogP contribution < -0.4 is 10.7 Å². The van der Waals surface area contributed by atoms with E-state index < -0.39 is 0 Å². The van der Waals surface area contributed by atoms with Gasteiger partial charge in [-0.2, -0.15) is 0 Å². The minimum absolute atomic E-state index is 0.165. The van der Waals surface area contributed by atoms with Crippen LogP contribution in [0.25, 0.3) is 10.8 Å². The van der Waals surface area contributed by atoms with Crippen LogP contribution in [0.15, 0.2) is 72.8 Å². The van der Waals surface area contributed by atoms with Crippen molar-refractivity contribution in [3.05, 3.63) is 83.9 Å². The third kappa shape index (κ3) is 5.05. The van der Waals surface area contributed by atoms with Crippen molar-refractivity contribution in [1.82, 2.24) is 15.8 Å². The fraction of sp³-hybridized carbons (Fsp3) is 0.280. The van der Waals surface area contributed by atoms with Crippen molar-refractivity contribution in [1.29, 1.82) is 0 Å². The Morgan fingerprint density at radius 3 is 2.40 bits per heavy atom. The topological polar surface area (TPSA) is 61.4 Å². The third-order valence-corrected chi connectivity index (χ3v) is 5.07. The fourth-order valence-corrected chi connectivity index (χ4v) is 3.60. The molecule has 3 aromatic carbocycles. The van der Waals surface area contributed by atoms with E-state index in [2.05, 4.69) is 10.7 Å². The van der Waals surface area contributed by atoms with Crippen LogP contribution >= 0.6 is 0 Å². The summed E-state index contributed by atoms with van der Waals surface area (Å²) in [7, 11) is 0. The second-order valence-electron chi connectivity index (χ2n) is 7.03. The Morgan fingerprint density at radius 1 is 0.967 bits per heavy atom. The van der Waals surface area contributed by atoms with Crippen molar-refractivity contribution in [3.63, 3.8) is 0 Å². The number of amides is 2. The normalized spacial score (nSPS) is 15.2. The Kier molecular flexibility index (Phi) is 7.57. The van der Waals surface area contributed by atoms with Crippen LogP contribution in [0.2, 0.25) is 0 Å². The van der Waals surface area contributed by atoms with E-state index in [4.69, 9.17) is 0 Å². The predicted molar refractivity (Wildman–Crippen MR) is 121 cm³/mol. The second-order valence-corrected chi connectivity index (χ2v) is 7.03. The Morgan fingerprint density at radius 2 is 1.67 bits per heavy atom. The molecule has 2 N–H and O–H groups in total. The van der Waals surface area contributed by atoms with Gasteiger partial charge in [-0.3, -0.25) is 15.0 Å². The number of rotatable bonds is 4. The Labute approximate surface area is 178 Å². The molecule has 3 aromatic rings. The molecule has 2 amide bonds. The van der Waals surface area contributed by atoms with Gasteiger partial charge in [-0.1, -0.05) is 80.6 Å². The summed E-state index contributed by atoms with van der Waals surface area (Å²) >= 11 is 0. The highest BCUT2D eigenvalue weighted by Gasteiger charge is 2.26. The molecule has 156 valence electrons. The summed E-state index contributed by atoms with van der Waals surface area (Å²) in [6.45, 7) is 5.13. The molecule has 0 bridgehead atoms. The summed E-state index contributed by atoms with van der Waals surface area (Å²) in [4.78, 5) is 26.1. The predicted octanol–water partition coefficient (Wildman–Crippen LogP) is 4.29. The van der Waals surface area contributed by atoms with Crippen LogP contribution in [-0.4, -0.2) is 29.4 Å². The largest absolute Gasteiger partial charge is 0.306 e. The number of nitrogens with one attached hydrogen (secondary N) is 2. The molecular formula is C25H29N3O2. The van der Waals surface area contributed by atoms with Gasteiger partial charge in [0.05, 0.1) is 12.6 Å². The van der Waals surface area contributed by atoms with Gasteiger partial charge in [0, 0.05) is 5.56 Å². The molecule has 0 saturated carbocycles. The molecule has 0 spiro atoms. The van der Waals surface area contributed by atoms with Gasteiger partial charge >= 0.3 is 0 Å². The number of carbonyl (C=O) groups excluding carboxylic acids is 2. The SMILES string of the molecule is CC.O=C(NN(Cc1ccccc1)C(=O)c1cccc2ccccc12)C1CCCN1. The third-order valence-electron chi connectivity index (χ3n) is 5.07. The van der Waals surface area contributed by atoms with Crippen molar-refractivity contribution in [2.75, 3.05) is 6.54 Å².